The number of carbonyl (C=O) groups excluding carboxylic acids is 1. The number of aliphatic hydroxyl groups is 1. The maximum Gasteiger partial charge on any atom is 0.345 e. The average molecular weight is 598 g/mol. The van der Waals surface area contributed by atoms with Crippen molar-refractivity contribution in [1.82, 2.24) is 4.98 Å². The van der Waals surface area contributed by atoms with Crippen LogP contribution in [0.15, 0.2) is 39.8 Å². The SMILES string of the molecule is CCCCC(=O)O[C@H]1CC2C(C)(C)[C@@H](OC(C)(C)OC)CC[C@]2(C)C2[C@@H](O)c3c(cc(-c4cccnc4)oc3=O)O[C@@]21C. The average Bonchev–Trinajstić information content (AvgIpc) is 2.94. The topological polar surface area (TPSA) is 117 Å². The molecule has 236 valence electrons. The summed E-state index contributed by atoms with van der Waals surface area (Å²) in [6.07, 6.45) is 5.13. The molecule has 7 atom stereocenters. The first-order chi connectivity index (χ1) is 20.2. The first-order valence-electron chi connectivity index (χ1n) is 15.6. The number of fused-ring (bicyclic) bond motifs is 4. The van der Waals surface area contributed by atoms with Crippen LogP contribution in [0.1, 0.15) is 98.7 Å². The Morgan fingerprint density at radius 1 is 1.21 bits per heavy atom. The van der Waals surface area contributed by atoms with Crippen molar-refractivity contribution in [2.75, 3.05) is 7.11 Å². The molecule has 2 aromatic rings. The molecule has 0 saturated heterocycles. The number of ether oxygens (including phenoxy) is 4. The number of unbranched alkanes of at least 4 members (excludes halogenated alkanes) is 1. The molecular formula is C34H47NO8. The van der Waals surface area contributed by atoms with Crippen molar-refractivity contribution in [2.45, 2.75) is 117 Å². The van der Waals surface area contributed by atoms with E-state index < -0.39 is 40.6 Å². The van der Waals surface area contributed by atoms with Gasteiger partial charge in [0.25, 0.3) is 0 Å². The molecule has 43 heavy (non-hydrogen) atoms. The van der Waals surface area contributed by atoms with Gasteiger partial charge in [0.1, 0.15) is 28.8 Å². The van der Waals surface area contributed by atoms with Crippen molar-refractivity contribution in [2.24, 2.45) is 22.7 Å². The van der Waals surface area contributed by atoms with E-state index in [2.05, 4.69) is 25.8 Å². The zero-order valence-electron chi connectivity index (χ0n) is 26.8. The van der Waals surface area contributed by atoms with Crippen LogP contribution in [0.2, 0.25) is 0 Å². The van der Waals surface area contributed by atoms with E-state index in [0.29, 0.717) is 24.2 Å². The molecule has 3 aliphatic rings. The Morgan fingerprint density at radius 3 is 2.60 bits per heavy atom. The summed E-state index contributed by atoms with van der Waals surface area (Å²) in [5.74, 6) is -1.11. The fourth-order valence-electron chi connectivity index (χ4n) is 8.31. The van der Waals surface area contributed by atoms with Gasteiger partial charge in [0.05, 0.1) is 12.2 Å². The summed E-state index contributed by atoms with van der Waals surface area (Å²) in [5.41, 5.74) is -1.89. The minimum atomic E-state index is -1.19. The number of methoxy groups -OCH3 is 1. The van der Waals surface area contributed by atoms with Crippen LogP contribution in [0.5, 0.6) is 5.75 Å². The zero-order valence-corrected chi connectivity index (χ0v) is 26.8. The molecule has 2 aliphatic carbocycles. The van der Waals surface area contributed by atoms with Crippen molar-refractivity contribution in [3.8, 4) is 17.1 Å². The quantitative estimate of drug-likeness (QED) is 0.280. The van der Waals surface area contributed by atoms with Crippen LogP contribution in [0.3, 0.4) is 0 Å². The molecule has 0 aromatic carbocycles. The molecular weight excluding hydrogens is 550 g/mol. The first kappa shape index (κ1) is 31.7. The molecule has 2 fully saturated rings. The lowest BCUT2D eigenvalue weighted by Gasteiger charge is -2.66. The highest BCUT2D eigenvalue weighted by molar-refractivity contribution is 5.69. The van der Waals surface area contributed by atoms with Gasteiger partial charge in [-0.2, -0.15) is 0 Å². The standard InChI is InChI=1S/C34H47NO8/c1-9-10-13-26(36)41-25-18-23-31(2,3)24(43-32(4,5)39-8)14-15-33(23,6)29-28(37)27-22(42-34(25,29)7)17-21(40-30(27)38)20-12-11-16-35-19-20/h11-12,16-17,19,23-25,28-29,37H,9-10,13-15,18H2,1-8H3/t23?,24-,25-,28-,29?,33-,34+/m0/s1. The molecule has 1 N–H and O–H groups in total. The molecule has 0 bridgehead atoms. The molecule has 5 rings (SSSR count). The fourth-order valence-corrected chi connectivity index (χ4v) is 8.31. The maximum absolute atomic E-state index is 13.5. The molecule has 2 saturated carbocycles. The maximum atomic E-state index is 13.5. The van der Waals surface area contributed by atoms with E-state index >= 15 is 0 Å². The lowest BCUT2D eigenvalue weighted by atomic mass is 9.43. The zero-order chi connectivity index (χ0) is 31.4. The van der Waals surface area contributed by atoms with Gasteiger partial charge in [-0.25, -0.2) is 4.79 Å². The Hall–Kier alpha value is -2.75. The van der Waals surface area contributed by atoms with Crippen molar-refractivity contribution >= 4 is 5.97 Å². The van der Waals surface area contributed by atoms with Gasteiger partial charge < -0.3 is 28.5 Å². The van der Waals surface area contributed by atoms with E-state index in [1.54, 1.807) is 37.7 Å². The molecule has 2 unspecified atom stereocenters. The highest BCUT2D eigenvalue weighted by Gasteiger charge is 2.69. The normalized spacial score (nSPS) is 33.0. The third kappa shape index (κ3) is 5.42. The third-order valence-corrected chi connectivity index (χ3v) is 10.6. The number of pyridine rings is 1. The Kier molecular flexibility index (Phi) is 8.33. The number of carbonyl (C=O) groups is 1. The second kappa shape index (κ2) is 11.3. The third-order valence-electron chi connectivity index (χ3n) is 10.6. The molecule has 2 aromatic heterocycles. The van der Waals surface area contributed by atoms with Crippen LogP contribution in [0.25, 0.3) is 11.3 Å². The summed E-state index contributed by atoms with van der Waals surface area (Å²) < 4.78 is 30.9. The smallest absolute Gasteiger partial charge is 0.345 e. The van der Waals surface area contributed by atoms with Crippen LogP contribution in [0.4, 0.5) is 0 Å². The Labute approximate surface area is 254 Å². The summed E-state index contributed by atoms with van der Waals surface area (Å²) in [5, 5.41) is 12.2. The molecule has 9 nitrogen and oxygen atoms in total. The van der Waals surface area contributed by atoms with Crippen LogP contribution in [-0.4, -0.2) is 46.8 Å². The Morgan fingerprint density at radius 2 is 1.95 bits per heavy atom. The van der Waals surface area contributed by atoms with Crippen LogP contribution in [-0.2, 0) is 19.0 Å². The molecule has 0 spiro atoms. The first-order valence-corrected chi connectivity index (χ1v) is 15.6. The van der Waals surface area contributed by atoms with Gasteiger partial charge in [0.15, 0.2) is 5.79 Å². The summed E-state index contributed by atoms with van der Waals surface area (Å²) in [4.78, 5) is 30.8. The molecule has 9 heteroatoms. The predicted molar refractivity (Wildman–Crippen MR) is 160 cm³/mol. The van der Waals surface area contributed by atoms with Crippen LogP contribution in [0, 0.1) is 22.7 Å². The number of nitrogens with zero attached hydrogens (tertiary/aromatic N) is 1. The Balaban J connectivity index is 1.61. The van der Waals surface area contributed by atoms with Crippen molar-refractivity contribution in [3.05, 3.63) is 46.6 Å². The van der Waals surface area contributed by atoms with Gasteiger partial charge in [0.2, 0.25) is 0 Å². The molecule has 0 radical (unpaired) electrons. The monoisotopic (exact) mass is 597 g/mol. The van der Waals surface area contributed by atoms with E-state index in [-0.39, 0.29) is 34.7 Å². The molecule has 0 amide bonds. The van der Waals surface area contributed by atoms with Crippen molar-refractivity contribution in [1.29, 1.82) is 0 Å². The second-order valence-electron chi connectivity index (χ2n) is 14.1. The highest BCUT2D eigenvalue weighted by atomic mass is 16.7. The fraction of sp³-hybridized carbons (Fsp3) is 0.676. The largest absolute Gasteiger partial charge is 0.482 e. The summed E-state index contributed by atoms with van der Waals surface area (Å²) in [6, 6.07) is 5.19. The van der Waals surface area contributed by atoms with Crippen molar-refractivity contribution in [3.63, 3.8) is 0 Å². The number of aliphatic hydroxyl groups excluding tert-OH is 1. The number of aromatic nitrogens is 1. The lowest BCUT2D eigenvalue weighted by molar-refractivity contribution is -0.297. The summed E-state index contributed by atoms with van der Waals surface area (Å²) in [6.45, 7) is 14.3. The summed E-state index contributed by atoms with van der Waals surface area (Å²) in [7, 11) is 1.64. The minimum Gasteiger partial charge on any atom is -0.482 e. The van der Waals surface area contributed by atoms with Gasteiger partial charge in [-0.1, -0.05) is 34.1 Å². The lowest BCUT2D eigenvalue weighted by Crippen LogP contribution is -2.70. The van der Waals surface area contributed by atoms with Gasteiger partial charge >= 0.3 is 11.6 Å². The molecule has 1 aliphatic heterocycles. The van der Waals surface area contributed by atoms with E-state index in [1.165, 1.54) is 0 Å². The van der Waals surface area contributed by atoms with Crippen LogP contribution >= 0.6 is 0 Å². The van der Waals surface area contributed by atoms with Crippen LogP contribution < -0.4 is 10.4 Å². The van der Waals surface area contributed by atoms with E-state index in [1.807, 2.05) is 27.7 Å². The predicted octanol–water partition coefficient (Wildman–Crippen LogP) is 6.22. The molecule has 3 heterocycles. The highest BCUT2D eigenvalue weighted by Crippen LogP contribution is 2.67. The van der Waals surface area contributed by atoms with E-state index in [0.717, 1.165) is 25.7 Å². The van der Waals surface area contributed by atoms with Crippen molar-refractivity contribution < 1.29 is 33.3 Å². The van der Waals surface area contributed by atoms with E-state index in [9.17, 15) is 14.7 Å². The van der Waals surface area contributed by atoms with Gasteiger partial charge in [0, 0.05) is 43.5 Å². The number of hydrogen-bond donors (Lipinski definition) is 1. The Bertz CT molecular complexity index is 1390. The number of esters is 1. The van der Waals surface area contributed by atoms with Gasteiger partial charge in [-0.05, 0) is 75.3 Å². The van der Waals surface area contributed by atoms with Gasteiger partial charge in [-0.3, -0.25) is 9.78 Å². The minimum absolute atomic E-state index is 0.0324. The second-order valence-corrected chi connectivity index (χ2v) is 14.1. The summed E-state index contributed by atoms with van der Waals surface area (Å²) >= 11 is 0. The number of hydrogen-bond acceptors (Lipinski definition) is 9. The van der Waals surface area contributed by atoms with Gasteiger partial charge in [-0.15, -0.1) is 0 Å². The van der Waals surface area contributed by atoms with E-state index in [4.69, 9.17) is 23.4 Å². The number of rotatable bonds is 8.